The van der Waals surface area contributed by atoms with Gasteiger partial charge in [-0.15, -0.1) is 0 Å². The molecule has 3 N–H and O–H groups in total. The molecule has 3 rings (SSSR count). The van der Waals surface area contributed by atoms with Crippen LogP contribution in [0.5, 0.6) is 5.75 Å². The molecule has 2 aromatic carbocycles. The Morgan fingerprint density at radius 1 is 1.07 bits per heavy atom. The number of carbonyl (C=O) groups is 2. The van der Waals surface area contributed by atoms with Gasteiger partial charge in [0.1, 0.15) is 5.75 Å². The van der Waals surface area contributed by atoms with E-state index in [-0.39, 0.29) is 30.4 Å². The van der Waals surface area contributed by atoms with Gasteiger partial charge in [-0.1, -0.05) is 38.1 Å². The number of ether oxygens (including phenoxy) is 1. The third-order valence-electron chi connectivity index (χ3n) is 4.98. The Morgan fingerprint density at radius 2 is 1.76 bits per heavy atom. The van der Waals surface area contributed by atoms with Gasteiger partial charge in [-0.2, -0.15) is 0 Å². The molecule has 0 aromatic heterocycles. The quantitative estimate of drug-likeness (QED) is 0.607. The smallest absolute Gasteiger partial charge is 0.253 e. The highest BCUT2D eigenvalue weighted by atomic mass is 16.5. The number of methoxy groups -OCH3 is 1. The first-order valence-corrected chi connectivity index (χ1v) is 10.0. The summed E-state index contributed by atoms with van der Waals surface area (Å²) in [4.78, 5) is 25.0. The number of amides is 2. The molecule has 29 heavy (non-hydrogen) atoms. The lowest BCUT2D eigenvalue weighted by atomic mass is 9.96. The van der Waals surface area contributed by atoms with Gasteiger partial charge in [0.25, 0.3) is 5.91 Å². The number of hydrogen-bond acceptors (Lipinski definition) is 4. The maximum atomic E-state index is 12.6. The van der Waals surface area contributed by atoms with E-state index in [0.717, 1.165) is 24.2 Å². The zero-order valence-electron chi connectivity index (χ0n) is 17.2. The van der Waals surface area contributed by atoms with Crippen molar-refractivity contribution in [2.24, 2.45) is 5.92 Å². The van der Waals surface area contributed by atoms with Crippen LogP contribution in [0.15, 0.2) is 48.5 Å². The van der Waals surface area contributed by atoms with Crippen LogP contribution in [-0.2, 0) is 4.79 Å². The molecule has 0 heterocycles. The van der Waals surface area contributed by atoms with Crippen LogP contribution in [0, 0.1) is 5.92 Å². The van der Waals surface area contributed by atoms with E-state index in [9.17, 15) is 9.59 Å². The molecular formula is C23H29N3O3. The minimum atomic E-state index is -0.184. The van der Waals surface area contributed by atoms with Crippen LogP contribution in [0.4, 0.5) is 5.69 Å². The Morgan fingerprint density at radius 3 is 2.38 bits per heavy atom. The Labute approximate surface area is 172 Å². The standard InChI is InChI=1S/C23H29N3O3/c1-15(2)22(16-8-12-18(29-3)13-9-16)24-14-21(27)26-20-7-5-4-6-19(20)23(28)25-17-10-11-17/h4-9,12-13,15,17,22,24H,10-11,14H2,1-3H3,(H,25,28)(H,26,27)/t22-/m0/s1. The van der Waals surface area contributed by atoms with Crippen molar-refractivity contribution >= 4 is 17.5 Å². The average Bonchev–Trinajstić information content (AvgIpc) is 3.52. The summed E-state index contributed by atoms with van der Waals surface area (Å²) in [6.45, 7) is 4.36. The molecule has 1 saturated carbocycles. The molecule has 0 bridgehead atoms. The molecule has 1 atom stereocenters. The third-order valence-corrected chi connectivity index (χ3v) is 4.98. The van der Waals surface area contributed by atoms with Gasteiger partial charge in [0.05, 0.1) is 24.9 Å². The number of carbonyl (C=O) groups excluding carboxylic acids is 2. The van der Waals surface area contributed by atoms with Crippen LogP contribution in [0.25, 0.3) is 0 Å². The lowest BCUT2D eigenvalue weighted by Gasteiger charge is -2.23. The van der Waals surface area contributed by atoms with Crippen molar-refractivity contribution in [3.8, 4) is 5.75 Å². The van der Waals surface area contributed by atoms with E-state index in [1.54, 1.807) is 25.3 Å². The van der Waals surface area contributed by atoms with Crippen molar-refractivity contribution in [3.63, 3.8) is 0 Å². The summed E-state index contributed by atoms with van der Waals surface area (Å²) in [5, 5.41) is 9.16. The number of para-hydroxylation sites is 1. The van der Waals surface area contributed by atoms with E-state index in [4.69, 9.17) is 4.74 Å². The predicted octanol–water partition coefficient (Wildman–Crippen LogP) is 3.51. The van der Waals surface area contributed by atoms with Crippen LogP contribution in [0.1, 0.15) is 48.7 Å². The number of rotatable bonds is 9. The first-order chi connectivity index (χ1) is 14.0. The monoisotopic (exact) mass is 395 g/mol. The Bertz CT molecular complexity index is 845. The Balaban J connectivity index is 1.61. The summed E-state index contributed by atoms with van der Waals surface area (Å²) < 4.78 is 5.22. The lowest BCUT2D eigenvalue weighted by molar-refractivity contribution is -0.115. The number of nitrogens with one attached hydrogen (secondary N) is 3. The molecule has 2 aromatic rings. The highest BCUT2D eigenvalue weighted by molar-refractivity contribution is 6.04. The summed E-state index contributed by atoms with van der Waals surface area (Å²) in [5.41, 5.74) is 2.11. The van der Waals surface area contributed by atoms with Gasteiger partial charge in [0.2, 0.25) is 5.91 Å². The van der Waals surface area contributed by atoms with Gasteiger partial charge in [-0.25, -0.2) is 0 Å². The highest BCUT2D eigenvalue weighted by Gasteiger charge is 2.25. The summed E-state index contributed by atoms with van der Waals surface area (Å²) in [7, 11) is 1.64. The number of hydrogen-bond donors (Lipinski definition) is 3. The average molecular weight is 396 g/mol. The van der Waals surface area contributed by atoms with Crippen LogP contribution in [0.2, 0.25) is 0 Å². The van der Waals surface area contributed by atoms with Crippen molar-refractivity contribution in [1.82, 2.24) is 10.6 Å². The number of anilines is 1. The number of benzene rings is 2. The van der Waals surface area contributed by atoms with Gasteiger partial charge < -0.3 is 20.7 Å². The third kappa shape index (κ3) is 5.81. The normalized spacial score (nSPS) is 14.3. The zero-order valence-corrected chi connectivity index (χ0v) is 17.2. The maximum Gasteiger partial charge on any atom is 0.253 e. The van der Waals surface area contributed by atoms with E-state index in [1.165, 1.54) is 0 Å². The van der Waals surface area contributed by atoms with E-state index >= 15 is 0 Å². The van der Waals surface area contributed by atoms with Gasteiger partial charge in [-0.3, -0.25) is 9.59 Å². The van der Waals surface area contributed by atoms with Crippen molar-refractivity contribution < 1.29 is 14.3 Å². The second kappa shape index (κ2) is 9.56. The summed E-state index contributed by atoms with van der Waals surface area (Å²) in [5.74, 6) is 0.772. The van der Waals surface area contributed by atoms with Crippen molar-refractivity contribution in [3.05, 3.63) is 59.7 Å². The van der Waals surface area contributed by atoms with Gasteiger partial charge in [0.15, 0.2) is 0 Å². The topological polar surface area (TPSA) is 79.5 Å². The van der Waals surface area contributed by atoms with Crippen molar-refractivity contribution in [1.29, 1.82) is 0 Å². The second-order valence-electron chi connectivity index (χ2n) is 7.72. The van der Waals surface area contributed by atoms with Gasteiger partial charge in [0, 0.05) is 12.1 Å². The maximum absolute atomic E-state index is 12.6. The molecule has 0 unspecified atom stereocenters. The first kappa shape index (κ1) is 20.9. The van der Waals surface area contributed by atoms with Gasteiger partial charge >= 0.3 is 0 Å². The predicted molar refractivity (Wildman–Crippen MR) is 114 cm³/mol. The minimum absolute atomic E-state index is 0.0278. The molecule has 0 aliphatic heterocycles. The molecule has 0 radical (unpaired) electrons. The van der Waals surface area contributed by atoms with Crippen LogP contribution < -0.4 is 20.7 Å². The molecule has 0 spiro atoms. The fourth-order valence-electron chi connectivity index (χ4n) is 3.23. The van der Waals surface area contributed by atoms with Crippen molar-refractivity contribution in [2.45, 2.75) is 38.8 Å². The molecule has 1 aliphatic rings. The molecule has 6 nitrogen and oxygen atoms in total. The fourth-order valence-corrected chi connectivity index (χ4v) is 3.23. The Kier molecular flexibility index (Phi) is 6.88. The van der Waals surface area contributed by atoms with E-state index in [1.807, 2.05) is 30.3 Å². The zero-order chi connectivity index (χ0) is 20.8. The molecule has 1 aliphatic carbocycles. The van der Waals surface area contributed by atoms with Gasteiger partial charge in [-0.05, 0) is 48.6 Å². The van der Waals surface area contributed by atoms with E-state index in [0.29, 0.717) is 17.2 Å². The fraction of sp³-hybridized carbons (Fsp3) is 0.391. The largest absolute Gasteiger partial charge is 0.497 e. The molecule has 0 saturated heterocycles. The first-order valence-electron chi connectivity index (χ1n) is 10.0. The van der Waals surface area contributed by atoms with Crippen LogP contribution in [0.3, 0.4) is 0 Å². The molecule has 1 fully saturated rings. The molecule has 154 valence electrons. The highest BCUT2D eigenvalue weighted by Crippen LogP contribution is 2.24. The van der Waals surface area contributed by atoms with E-state index in [2.05, 4.69) is 29.8 Å². The van der Waals surface area contributed by atoms with Crippen LogP contribution >= 0.6 is 0 Å². The molecule has 2 amide bonds. The molecule has 6 heteroatoms. The second-order valence-corrected chi connectivity index (χ2v) is 7.72. The Hall–Kier alpha value is -2.86. The summed E-state index contributed by atoms with van der Waals surface area (Å²) in [6, 6.07) is 15.2. The van der Waals surface area contributed by atoms with Crippen LogP contribution in [-0.4, -0.2) is 31.5 Å². The summed E-state index contributed by atoms with van der Waals surface area (Å²) in [6.07, 6.45) is 2.04. The van der Waals surface area contributed by atoms with Crippen molar-refractivity contribution in [2.75, 3.05) is 19.0 Å². The minimum Gasteiger partial charge on any atom is -0.497 e. The SMILES string of the molecule is COc1ccc([C@@H](NCC(=O)Nc2ccccc2C(=O)NC2CC2)C(C)C)cc1. The molecular weight excluding hydrogens is 366 g/mol. The lowest BCUT2D eigenvalue weighted by Crippen LogP contribution is -2.34. The summed E-state index contributed by atoms with van der Waals surface area (Å²) >= 11 is 0. The van der Waals surface area contributed by atoms with E-state index < -0.39 is 0 Å².